The van der Waals surface area contributed by atoms with Crippen LogP contribution in [0, 0.1) is 0 Å². The lowest BCUT2D eigenvalue weighted by atomic mass is 9.97. The van der Waals surface area contributed by atoms with Gasteiger partial charge in [0, 0.05) is 47.8 Å². The highest BCUT2D eigenvalue weighted by molar-refractivity contribution is 6.32. The quantitative estimate of drug-likeness (QED) is 0.0339. The standard InChI is InChI=1S/C62H40Cl6O16/c1-76-47-30-48(79-58(72)36-6-20-42(65)21-7-36)51(52(69)33-14-28-46(29-15-33)78-57(71)35-4-18-41(64)19-5-35)49(31-47)80-62-55(84-61(75)39-12-26-45(68)27-13-39)54(83-60(74)38-10-24-44(67)25-11-38)53(82-59(73)37-8-22-43(66)23-9-37)50(81-62)32-77-56(70)34-2-16-40(63)17-3-34/h2-31,50,53-55,62H,32H2,1H3/t50-,53-,54+,55-,62-/m1/s1. The van der Waals surface area contributed by atoms with Gasteiger partial charge in [0.2, 0.25) is 18.2 Å². The van der Waals surface area contributed by atoms with Crippen LogP contribution in [0.5, 0.6) is 23.0 Å². The van der Waals surface area contributed by atoms with Crippen LogP contribution in [0.15, 0.2) is 182 Å². The van der Waals surface area contributed by atoms with Crippen molar-refractivity contribution in [1.82, 2.24) is 0 Å². The molecule has 16 nitrogen and oxygen atoms in total. The Hall–Kier alpha value is -8.45. The van der Waals surface area contributed by atoms with Crippen molar-refractivity contribution in [3.05, 3.63) is 257 Å². The first kappa shape index (κ1) is 60.2. The Kier molecular flexibility index (Phi) is 19.5. The molecule has 5 atom stereocenters. The molecule has 1 fully saturated rings. The maximum absolute atomic E-state index is 15.3. The molecule has 0 amide bonds. The molecule has 0 aliphatic carbocycles. The Morgan fingerprint density at radius 2 is 0.726 bits per heavy atom. The molecule has 84 heavy (non-hydrogen) atoms. The van der Waals surface area contributed by atoms with Crippen LogP contribution in [0.2, 0.25) is 30.1 Å². The summed E-state index contributed by atoms with van der Waals surface area (Å²) in [5.41, 5.74) is -0.586. The molecule has 0 unspecified atom stereocenters. The third-order valence-corrected chi connectivity index (χ3v) is 14.0. The number of carbonyl (C=O) groups is 7. The average Bonchev–Trinajstić information content (AvgIpc) is 1.30. The van der Waals surface area contributed by atoms with Crippen LogP contribution >= 0.6 is 69.6 Å². The maximum atomic E-state index is 15.3. The molecule has 426 valence electrons. The first-order valence-corrected chi connectivity index (χ1v) is 27.1. The van der Waals surface area contributed by atoms with Crippen molar-refractivity contribution in [2.45, 2.75) is 30.7 Å². The van der Waals surface area contributed by atoms with Crippen molar-refractivity contribution in [2.24, 2.45) is 0 Å². The van der Waals surface area contributed by atoms with Crippen LogP contribution in [0.1, 0.15) is 78.1 Å². The van der Waals surface area contributed by atoms with Crippen molar-refractivity contribution in [3.63, 3.8) is 0 Å². The third-order valence-electron chi connectivity index (χ3n) is 12.5. The summed E-state index contributed by atoms with van der Waals surface area (Å²) in [6.45, 7) is -0.796. The van der Waals surface area contributed by atoms with Gasteiger partial charge in [-0.3, -0.25) is 4.79 Å². The lowest BCUT2D eigenvalue weighted by molar-refractivity contribution is -0.275. The zero-order valence-corrected chi connectivity index (χ0v) is 47.7. The number of halogens is 6. The largest absolute Gasteiger partial charge is 0.496 e. The number of benzene rings is 8. The van der Waals surface area contributed by atoms with Gasteiger partial charge in [-0.1, -0.05) is 69.6 Å². The normalized spacial score (nSPS) is 16.2. The molecular formula is C62H40Cl6O16. The number of hydrogen-bond donors (Lipinski definition) is 0. The summed E-state index contributed by atoms with van der Waals surface area (Å²) in [6, 6.07) is 41.5. The van der Waals surface area contributed by atoms with Crippen LogP contribution in [-0.2, 0) is 23.7 Å². The predicted molar refractivity (Wildman–Crippen MR) is 309 cm³/mol. The Labute approximate surface area is 508 Å². The van der Waals surface area contributed by atoms with Gasteiger partial charge in [-0.2, -0.15) is 0 Å². The van der Waals surface area contributed by atoms with Crippen LogP contribution < -0.4 is 18.9 Å². The molecule has 8 aromatic rings. The highest BCUT2D eigenvalue weighted by Gasteiger charge is 2.55. The Balaban J connectivity index is 1.19. The Morgan fingerprint density at radius 1 is 0.381 bits per heavy atom. The summed E-state index contributed by atoms with van der Waals surface area (Å²) in [5, 5.41) is 1.80. The Morgan fingerprint density at radius 3 is 1.14 bits per heavy atom. The van der Waals surface area contributed by atoms with E-state index in [2.05, 4.69) is 0 Å². The first-order chi connectivity index (χ1) is 40.4. The summed E-state index contributed by atoms with van der Waals surface area (Å²) < 4.78 is 55.0. The van der Waals surface area contributed by atoms with Gasteiger partial charge >= 0.3 is 35.8 Å². The molecule has 0 spiro atoms. The molecule has 0 bridgehead atoms. The maximum Gasteiger partial charge on any atom is 0.343 e. The highest BCUT2D eigenvalue weighted by Crippen LogP contribution is 2.40. The monoisotopic (exact) mass is 1250 g/mol. The van der Waals surface area contributed by atoms with Gasteiger partial charge in [-0.15, -0.1) is 0 Å². The van der Waals surface area contributed by atoms with Crippen molar-refractivity contribution in [2.75, 3.05) is 13.7 Å². The molecule has 0 radical (unpaired) electrons. The van der Waals surface area contributed by atoms with E-state index < -0.39 is 96.0 Å². The van der Waals surface area contributed by atoms with Crippen molar-refractivity contribution in [3.8, 4) is 23.0 Å². The second-order valence-corrected chi connectivity index (χ2v) is 20.7. The zero-order chi connectivity index (χ0) is 59.6. The topological polar surface area (TPSA) is 203 Å². The van der Waals surface area contributed by atoms with E-state index in [-0.39, 0.29) is 65.5 Å². The van der Waals surface area contributed by atoms with E-state index in [0.717, 1.165) is 0 Å². The van der Waals surface area contributed by atoms with E-state index in [9.17, 15) is 28.8 Å². The fourth-order valence-corrected chi connectivity index (χ4v) is 8.95. The highest BCUT2D eigenvalue weighted by atomic mass is 35.5. The number of rotatable bonds is 18. The molecule has 9 rings (SSSR count). The van der Waals surface area contributed by atoms with Gasteiger partial charge < -0.3 is 42.6 Å². The average molecular weight is 1250 g/mol. The van der Waals surface area contributed by atoms with Crippen molar-refractivity contribution >= 4 is 111 Å². The minimum absolute atomic E-state index is 0.000238. The van der Waals surface area contributed by atoms with Crippen molar-refractivity contribution < 1.29 is 76.2 Å². The minimum atomic E-state index is -2.08. The van der Waals surface area contributed by atoms with Gasteiger partial charge in [-0.05, 0) is 170 Å². The van der Waals surface area contributed by atoms with Gasteiger partial charge in [0.05, 0.1) is 40.5 Å². The molecule has 0 aromatic heterocycles. The van der Waals surface area contributed by atoms with E-state index in [1.165, 1.54) is 189 Å². The smallest absolute Gasteiger partial charge is 0.343 e. The fourth-order valence-electron chi connectivity index (χ4n) is 8.19. The van der Waals surface area contributed by atoms with Gasteiger partial charge in [0.1, 0.15) is 41.3 Å². The first-order valence-electron chi connectivity index (χ1n) is 24.9. The molecule has 0 N–H and O–H groups in total. The van der Waals surface area contributed by atoms with Crippen LogP contribution in [0.3, 0.4) is 0 Å². The predicted octanol–water partition coefficient (Wildman–Crippen LogP) is 13.9. The van der Waals surface area contributed by atoms with Crippen LogP contribution in [0.25, 0.3) is 0 Å². The second-order valence-electron chi connectivity index (χ2n) is 18.0. The van der Waals surface area contributed by atoms with Gasteiger partial charge in [0.25, 0.3) is 0 Å². The van der Waals surface area contributed by atoms with E-state index in [1.54, 1.807) is 0 Å². The fraction of sp³-hybridized carbons (Fsp3) is 0.113. The number of hydrogen-bond acceptors (Lipinski definition) is 16. The number of esters is 6. The SMILES string of the molecule is COc1cc(OC(=O)c2ccc(Cl)cc2)c(C(=O)c2ccc(OC(=O)c3ccc(Cl)cc3)cc2)c(O[C@@H]2O[C@H](COC(=O)c3ccc(Cl)cc3)[C@@H](OC(=O)c3ccc(Cl)cc3)[C@H](OC(=O)c3ccc(Cl)cc3)[C@H]2OC(=O)c2ccc(Cl)cc2)c1. The summed E-state index contributed by atoms with van der Waals surface area (Å²) in [6.07, 6.45) is -9.67. The lowest BCUT2D eigenvalue weighted by Crippen LogP contribution is -2.64. The molecule has 1 aliphatic heterocycles. The van der Waals surface area contributed by atoms with Gasteiger partial charge in [0.15, 0.2) is 12.2 Å². The van der Waals surface area contributed by atoms with E-state index >= 15 is 4.79 Å². The van der Waals surface area contributed by atoms with Crippen molar-refractivity contribution in [1.29, 1.82) is 0 Å². The Bertz CT molecular complexity index is 3730. The van der Waals surface area contributed by atoms with Gasteiger partial charge in [-0.25, -0.2) is 28.8 Å². The van der Waals surface area contributed by atoms with E-state index in [4.69, 9.17) is 112 Å². The lowest BCUT2D eigenvalue weighted by Gasteiger charge is -2.44. The van der Waals surface area contributed by atoms with E-state index in [0.29, 0.717) is 15.1 Å². The molecule has 1 aliphatic rings. The van der Waals surface area contributed by atoms with Crippen LogP contribution in [-0.4, -0.2) is 86.0 Å². The number of carbonyl (C=O) groups excluding carboxylic acids is 7. The zero-order valence-electron chi connectivity index (χ0n) is 43.2. The molecule has 1 heterocycles. The second kappa shape index (κ2) is 27.3. The molecular weight excluding hydrogens is 1210 g/mol. The molecule has 0 saturated carbocycles. The number of methoxy groups -OCH3 is 1. The molecule has 8 aromatic carbocycles. The van der Waals surface area contributed by atoms with Crippen LogP contribution in [0.4, 0.5) is 0 Å². The summed E-state index contributed by atoms with van der Waals surface area (Å²) in [7, 11) is 1.26. The summed E-state index contributed by atoms with van der Waals surface area (Å²) in [4.78, 5) is 99.4. The molecule has 22 heteroatoms. The molecule has 1 saturated heterocycles. The summed E-state index contributed by atoms with van der Waals surface area (Å²) >= 11 is 36.9. The number of ketones is 1. The number of ether oxygens (including phenoxy) is 9. The minimum Gasteiger partial charge on any atom is -0.496 e. The van der Waals surface area contributed by atoms with E-state index in [1.807, 2.05) is 0 Å². The third kappa shape index (κ3) is 15.0. The summed E-state index contributed by atoms with van der Waals surface area (Å²) in [5.74, 6) is -7.70.